The maximum Gasteiger partial charge on any atom is -0.0169 e. The molecule has 0 unspecified atom stereocenters. The minimum atomic E-state index is 0.883. The first kappa shape index (κ1) is 16.5. The van der Waals surface area contributed by atoms with Gasteiger partial charge in [-0.05, 0) is 31.6 Å². The van der Waals surface area contributed by atoms with Gasteiger partial charge in [-0.25, -0.2) is 0 Å². The zero-order valence-electron chi connectivity index (χ0n) is 12.3. The first-order valence-electron chi connectivity index (χ1n) is 7.57. The zero-order valence-corrected chi connectivity index (χ0v) is 12.3. The van der Waals surface area contributed by atoms with Crippen molar-refractivity contribution in [2.45, 2.75) is 78.6 Å². The Labute approximate surface area is 109 Å². The van der Waals surface area contributed by atoms with Gasteiger partial charge in [0.25, 0.3) is 0 Å². The van der Waals surface area contributed by atoms with Crippen molar-refractivity contribution in [2.75, 3.05) is 0 Å². The molecule has 0 radical (unpaired) electrons. The molecule has 0 bridgehead atoms. The van der Waals surface area contributed by atoms with Gasteiger partial charge in [0.1, 0.15) is 0 Å². The maximum atomic E-state index is 2.34. The van der Waals surface area contributed by atoms with Crippen LogP contribution in [0.4, 0.5) is 0 Å². The highest BCUT2D eigenvalue weighted by Crippen LogP contribution is 2.11. The van der Waals surface area contributed by atoms with E-state index in [1.807, 2.05) is 0 Å². The van der Waals surface area contributed by atoms with Crippen LogP contribution in [0, 0.1) is 5.92 Å². The molecule has 0 heterocycles. The van der Waals surface area contributed by atoms with E-state index in [0.29, 0.717) is 0 Å². The fourth-order valence-corrected chi connectivity index (χ4v) is 1.90. The molecule has 0 nitrogen and oxygen atoms in total. The monoisotopic (exact) mass is 236 g/mol. The van der Waals surface area contributed by atoms with Crippen LogP contribution in [0.3, 0.4) is 0 Å². The molecule has 0 N–H and O–H groups in total. The lowest BCUT2D eigenvalue weighted by Gasteiger charge is -2.03. The smallest absolute Gasteiger partial charge is 0.0169 e. The quantitative estimate of drug-likeness (QED) is 0.292. The molecule has 0 rings (SSSR count). The van der Waals surface area contributed by atoms with Gasteiger partial charge in [0, 0.05) is 0 Å². The van der Waals surface area contributed by atoms with Crippen molar-refractivity contribution >= 4 is 0 Å². The molecule has 0 atom stereocenters. The molecule has 0 saturated carbocycles. The third-order valence-corrected chi connectivity index (χ3v) is 2.99. The molecule has 0 fully saturated rings. The SMILES string of the molecule is CC/C=C/C/C=C/CCCCCCCC(C)C. The van der Waals surface area contributed by atoms with Gasteiger partial charge >= 0.3 is 0 Å². The van der Waals surface area contributed by atoms with Crippen molar-refractivity contribution in [3.8, 4) is 0 Å². The van der Waals surface area contributed by atoms with Gasteiger partial charge in [0.15, 0.2) is 0 Å². The van der Waals surface area contributed by atoms with Crippen molar-refractivity contribution in [3.63, 3.8) is 0 Å². The summed E-state index contributed by atoms with van der Waals surface area (Å²) in [5.74, 6) is 0.883. The Hall–Kier alpha value is -0.520. The predicted molar refractivity (Wildman–Crippen MR) is 80.3 cm³/mol. The first-order chi connectivity index (χ1) is 8.27. The van der Waals surface area contributed by atoms with E-state index in [2.05, 4.69) is 45.1 Å². The highest BCUT2D eigenvalue weighted by atomic mass is 14.0. The number of hydrogen-bond donors (Lipinski definition) is 0. The van der Waals surface area contributed by atoms with Crippen LogP contribution in [0.2, 0.25) is 0 Å². The Morgan fingerprint density at radius 3 is 2.12 bits per heavy atom. The van der Waals surface area contributed by atoms with Crippen LogP contribution in [-0.4, -0.2) is 0 Å². The molecule has 0 aromatic rings. The van der Waals surface area contributed by atoms with Crippen molar-refractivity contribution in [2.24, 2.45) is 5.92 Å². The minimum absolute atomic E-state index is 0.883. The Morgan fingerprint density at radius 1 is 0.765 bits per heavy atom. The summed E-state index contributed by atoms with van der Waals surface area (Å²) in [4.78, 5) is 0. The summed E-state index contributed by atoms with van der Waals surface area (Å²) in [5.41, 5.74) is 0. The average Bonchev–Trinajstić information content (AvgIpc) is 2.30. The summed E-state index contributed by atoms with van der Waals surface area (Å²) >= 11 is 0. The fourth-order valence-electron chi connectivity index (χ4n) is 1.90. The van der Waals surface area contributed by atoms with Crippen molar-refractivity contribution < 1.29 is 0 Å². The summed E-state index contributed by atoms with van der Waals surface area (Å²) in [7, 11) is 0. The van der Waals surface area contributed by atoms with Gasteiger partial charge in [-0.1, -0.05) is 77.2 Å². The van der Waals surface area contributed by atoms with E-state index >= 15 is 0 Å². The molecule has 0 aliphatic heterocycles. The fraction of sp³-hybridized carbons (Fsp3) is 0.765. The van der Waals surface area contributed by atoms with Crippen LogP contribution in [-0.2, 0) is 0 Å². The lowest BCUT2D eigenvalue weighted by molar-refractivity contribution is 0.516. The van der Waals surface area contributed by atoms with Gasteiger partial charge in [-0.2, -0.15) is 0 Å². The van der Waals surface area contributed by atoms with Crippen LogP contribution in [0.5, 0.6) is 0 Å². The van der Waals surface area contributed by atoms with E-state index in [0.717, 1.165) is 18.8 Å². The van der Waals surface area contributed by atoms with E-state index in [9.17, 15) is 0 Å². The largest absolute Gasteiger partial charge is 0.0885 e. The molecule has 0 aromatic carbocycles. The van der Waals surface area contributed by atoms with Gasteiger partial charge in [-0.15, -0.1) is 0 Å². The van der Waals surface area contributed by atoms with Gasteiger partial charge in [0.05, 0.1) is 0 Å². The molecule has 100 valence electrons. The van der Waals surface area contributed by atoms with Crippen molar-refractivity contribution in [3.05, 3.63) is 24.3 Å². The first-order valence-corrected chi connectivity index (χ1v) is 7.57. The number of rotatable bonds is 11. The summed E-state index contributed by atoms with van der Waals surface area (Å²) < 4.78 is 0. The molecule has 0 amide bonds. The van der Waals surface area contributed by atoms with Gasteiger partial charge in [0.2, 0.25) is 0 Å². The number of allylic oxidation sites excluding steroid dienone is 4. The van der Waals surface area contributed by atoms with Crippen LogP contribution < -0.4 is 0 Å². The second-order valence-electron chi connectivity index (χ2n) is 5.33. The molecule has 0 saturated heterocycles. The summed E-state index contributed by atoms with van der Waals surface area (Å²) in [5, 5.41) is 0. The van der Waals surface area contributed by atoms with Crippen LogP contribution in [0.1, 0.15) is 78.6 Å². The maximum absolute atomic E-state index is 2.34. The van der Waals surface area contributed by atoms with E-state index in [1.54, 1.807) is 0 Å². The average molecular weight is 236 g/mol. The Kier molecular flexibility index (Phi) is 13.1. The summed E-state index contributed by atoms with van der Waals surface area (Å²) in [6.45, 7) is 6.81. The predicted octanol–water partition coefficient (Wildman–Crippen LogP) is 6.29. The summed E-state index contributed by atoms with van der Waals surface area (Å²) in [6, 6.07) is 0. The Bertz CT molecular complexity index is 186. The third kappa shape index (κ3) is 15.5. The minimum Gasteiger partial charge on any atom is -0.0885 e. The number of unbranched alkanes of at least 4 members (excludes halogenated alkanes) is 5. The molecule has 0 aromatic heterocycles. The van der Waals surface area contributed by atoms with E-state index in [1.165, 1.54) is 44.9 Å². The highest BCUT2D eigenvalue weighted by molar-refractivity contribution is 4.92. The van der Waals surface area contributed by atoms with Crippen molar-refractivity contribution in [1.29, 1.82) is 0 Å². The molecule has 0 heteroatoms. The Morgan fingerprint density at radius 2 is 1.41 bits per heavy atom. The van der Waals surface area contributed by atoms with Crippen LogP contribution >= 0.6 is 0 Å². The van der Waals surface area contributed by atoms with Crippen LogP contribution in [0.25, 0.3) is 0 Å². The molecular formula is C17H32. The van der Waals surface area contributed by atoms with Crippen LogP contribution in [0.15, 0.2) is 24.3 Å². The lowest BCUT2D eigenvalue weighted by atomic mass is 10.0. The Balaban J connectivity index is 3.10. The lowest BCUT2D eigenvalue weighted by Crippen LogP contribution is -1.86. The third-order valence-electron chi connectivity index (χ3n) is 2.99. The van der Waals surface area contributed by atoms with Gasteiger partial charge in [-0.3, -0.25) is 0 Å². The molecule has 0 spiro atoms. The van der Waals surface area contributed by atoms with E-state index in [4.69, 9.17) is 0 Å². The topological polar surface area (TPSA) is 0 Å². The number of hydrogen-bond acceptors (Lipinski definition) is 0. The standard InChI is InChI=1S/C17H32/c1-4-5-6-7-8-9-10-11-12-13-14-15-16-17(2)3/h5-6,8-9,17H,4,7,10-16H2,1-3H3/b6-5+,9-8+. The second-order valence-corrected chi connectivity index (χ2v) is 5.33. The normalized spacial score (nSPS) is 12.2. The van der Waals surface area contributed by atoms with Crippen molar-refractivity contribution in [1.82, 2.24) is 0 Å². The molecule has 0 aliphatic carbocycles. The zero-order chi connectivity index (χ0) is 12.8. The summed E-state index contributed by atoms with van der Waals surface area (Å²) in [6.07, 6.45) is 21.1. The highest BCUT2D eigenvalue weighted by Gasteiger charge is 1.93. The van der Waals surface area contributed by atoms with Gasteiger partial charge < -0.3 is 0 Å². The molecular weight excluding hydrogens is 204 g/mol. The molecule has 17 heavy (non-hydrogen) atoms. The van der Waals surface area contributed by atoms with E-state index in [-0.39, 0.29) is 0 Å². The molecule has 0 aliphatic rings. The second kappa shape index (κ2) is 13.5. The van der Waals surface area contributed by atoms with E-state index < -0.39 is 0 Å².